The Balaban J connectivity index is 1.41. The largest absolute Gasteiger partial charge is 0.465 e. The van der Waals surface area contributed by atoms with Crippen molar-refractivity contribution in [2.45, 2.75) is 23.8 Å². The number of nitrogens with zero attached hydrogens (tertiary/aromatic N) is 3. The molecule has 0 atom stereocenters. The van der Waals surface area contributed by atoms with Gasteiger partial charge in [-0.25, -0.2) is 18.0 Å². The molecule has 10 nitrogen and oxygen atoms in total. The van der Waals surface area contributed by atoms with Gasteiger partial charge in [-0.3, -0.25) is 9.88 Å². The number of rotatable bonds is 3. The van der Waals surface area contributed by atoms with Gasteiger partial charge in [0.1, 0.15) is 0 Å². The molecule has 2 aliphatic heterocycles. The van der Waals surface area contributed by atoms with Gasteiger partial charge in [-0.2, -0.15) is 4.31 Å². The van der Waals surface area contributed by atoms with E-state index in [0.717, 1.165) is 0 Å². The van der Waals surface area contributed by atoms with E-state index in [-0.39, 0.29) is 16.5 Å². The zero-order valence-corrected chi connectivity index (χ0v) is 16.0. The van der Waals surface area contributed by atoms with Crippen LogP contribution in [-0.2, 0) is 10.0 Å². The fourth-order valence-corrected chi connectivity index (χ4v) is 5.45. The molecule has 2 aliphatic rings. The molecule has 2 saturated heterocycles. The van der Waals surface area contributed by atoms with Crippen molar-refractivity contribution in [1.29, 1.82) is 0 Å². The fraction of sp³-hybridized carbons (Fsp3) is 0.529. The molecule has 0 unspecified atom stereocenters. The number of aromatic nitrogens is 1. The number of piperazine rings is 1. The highest BCUT2D eigenvalue weighted by Gasteiger charge is 2.33. The summed E-state index contributed by atoms with van der Waals surface area (Å²) >= 11 is 0. The van der Waals surface area contributed by atoms with Crippen molar-refractivity contribution in [3.63, 3.8) is 0 Å². The normalized spacial score (nSPS) is 20.6. The molecular formula is C17H22N4O6S. The molecule has 0 bridgehead atoms. The van der Waals surface area contributed by atoms with Gasteiger partial charge < -0.3 is 14.4 Å². The number of benzene rings is 1. The van der Waals surface area contributed by atoms with E-state index in [1.807, 2.05) is 0 Å². The van der Waals surface area contributed by atoms with Crippen LogP contribution in [0.1, 0.15) is 12.8 Å². The maximum atomic E-state index is 12.9. The van der Waals surface area contributed by atoms with Gasteiger partial charge in [0, 0.05) is 51.4 Å². The molecular weight excluding hydrogens is 388 g/mol. The van der Waals surface area contributed by atoms with Gasteiger partial charge in [-0.1, -0.05) is 0 Å². The zero-order chi connectivity index (χ0) is 19.9. The molecule has 28 heavy (non-hydrogen) atoms. The van der Waals surface area contributed by atoms with Crippen LogP contribution in [0.5, 0.6) is 0 Å². The summed E-state index contributed by atoms with van der Waals surface area (Å²) in [5, 5.41) is 9.04. The number of oxazole rings is 1. The zero-order valence-electron chi connectivity index (χ0n) is 15.2. The lowest BCUT2D eigenvalue weighted by molar-refractivity contribution is 0.0684. The number of piperidine rings is 1. The topological polar surface area (TPSA) is 127 Å². The summed E-state index contributed by atoms with van der Waals surface area (Å²) in [6.45, 7) is 3.12. The van der Waals surface area contributed by atoms with Gasteiger partial charge in [0.25, 0.3) is 0 Å². The number of H-pyrrole nitrogens is 1. The third kappa shape index (κ3) is 3.52. The summed E-state index contributed by atoms with van der Waals surface area (Å²) in [6.07, 6.45) is 0.512. The van der Waals surface area contributed by atoms with Gasteiger partial charge in [-0.05, 0) is 25.0 Å². The van der Waals surface area contributed by atoms with Gasteiger partial charge in [0.2, 0.25) is 10.0 Å². The second kappa shape index (κ2) is 7.22. The molecule has 4 rings (SSSR count). The number of amides is 1. The molecule has 2 N–H and O–H groups in total. The van der Waals surface area contributed by atoms with Gasteiger partial charge in [-0.15, -0.1) is 0 Å². The average molecular weight is 410 g/mol. The summed E-state index contributed by atoms with van der Waals surface area (Å²) < 4.78 is 32.3. The first kappa shape index (κ1) is 19.0. The van der Waals surface area contributed by atoms with Crippen LogP contribution in [0.25, 0.3) is 11.1 Å². The SMILES string of the molecule is O=C(O)N1CCN(C2CCN(S(=O)(=O)c3ccc4[nH]c(=O)oc4c3)CC2)CC1. The number of aromatic amines is 1. The molecule has 0 radical (unpaired) electrons. The van der Waals surface area contributed by atoms with Crippen LogP contribution in [0, 0.1) is 0 Å². The number of hydrogen-bond acceptors (Lipinski definition) is 6. The van der Waals surface area contributed by atoms with Crippen LogP contribution in [0.4, 0.5) is 4.79 Å². The molecule has 1 amide bonds. The van der Waals surface area contributed by atoms with E-state index in [1.54, 1.807) is 0 Å². The van der Waals surface area contributed by atoms with E-state index in [9.17, 15) is 18.0 Å². The fourth-order valence-electron chi connectivity index (χ4n) is 3.96. The number of carboxylic acid groups (broad SMARTS) is 1. The third-order valence-corrected chi connectivity index (χ3v) is 7.45. The Morgan fingerprint density at radius 3 is 2.43 bits per heavy atom. The summed E-state index contributed by atoms with van der Waals surface area (Å²) in [4.78, 5) is 28.6. The van der Waals surface area contributed by atoms with Crippen molar-refractivity contribution < 1.29 is 22.7 Å². The molecule has 1 aromatic carbocycles. The first-order chi connectivity index (χ1) is 13.3. The van der Waals surface area contributed by atoms with Crippen molar-refractivity contribution in [3.8, 4) is 0 Å². The van der Waals surface area contributed by atoms with E-state index in [2.05, 4.69) is 9.88 Å². The van der Waals surface area contributed by atoms with Crippen molar-refractivity contribution >= 4 is 27.2 Å². The maximum Gasteiger partial charge on any atom is 0.417 e. The second-order valence-corrected chi connectivity index (χ2v) is 9.05. The minimum Gasteiger partial charge on any atom is -0.465 e. The lowest BCUT2D eigenvalue weighted by Crippen LogP contribution is -2.54. The summed E-state index contributed by atoms with van der Waals surface area (Å²) in [7, 11) is -3.67. The number of sulfonamides is 1. The van der Waals surface area contributed by atoms with Crippen molar-refractivity contribution in [2.75, 3.05) is 39.3 Å². The van der Waals surface area contributed by atoms with Crippen molar-refractivity contribution in [3.05, 3.63) is 28.7 Å². The number of hydrogen-bond donors (Lipinski definition) is 2. The minimum absolute atomic E-state index is 0.108. The highest BCUT2D eigenvalue weighted by molar-refractivity contribution is 7.89. The highest BCUT2D eigenvalue weighted by atomic mass is 32.2. The Labute approximate surface area is 161 Å². The van der Waals surface area contributed by atoms with Gasteiger partial charge >= 0.3 is 11.8 Å². The van der Waals surface area contributed by atoms with E-state index in [4.69, 9.17) is 9.52 Å². The molecule has 0 spiro atoms. The Bertz CT molecular complexity index is 1030. The van der Waals surface area contributed by atoms with Crippen molar-refractivity contribution in [2.24, 2.45) is 0 Å². The van der Waals surface area contributed by atoms with E-state index in [0.29, 0.717) is 57.6 Å². The molecule has 0 aliphatic carbocycles. The molecule has 1 aromatic heterocycles. The Morgan fingerprint density at radius 1 is 1.11 bits per heavy atom. The Kier molecular flexibility index (Phi) is 4.89. The Morgan fingerprint density at radius 2 is 1.79 bits per heavy atom. The maximum absolute atomic E-state index is 12.9. The number of nitrogens with one attached hydrogen (secondary N) is 1. The molecule has 11 heteroatoms. The van der Waals surface area contributed by atoms with Gasteiger partial charge in [0.05, 0.1) is 10.4 Å². The van der Waals surface area contributed by atoms with Crippen LogP contribution in [0.2, 0.25) is 0 Å². The predicted octanol–water partition coefficient (Wildman–Crippen LogP) is 0.570. The molecule has 3 heterocycles. The smallest absolute Gasteiger partial charge is 0.417 e. The van der Waals surface area contributed by atoms with E-state index < -0.39 is 21.9 Å². The lowest BCUT2D eigenvalue weighted by atomic mass is 10.0. The monoisotopic (exact) mass is 410 g/mol. The second-order valence-electron chi connectivity index (χ2n) is 7.11. The van der Waals surface area contributed by atoms with Crippen LogP contribution < -0.4 is 5.76 Å². The Hall–Kier alpha value is -2.37. The highest BCUT2D eigenvalue weighted by Crippen LogP contribution is 2.25. The van der Waals surface area contributed by atoms with Crippen LogP contribution in [-0.4, -0.2) is 84.0 Å². The molecule has 0 saturated carbocycles. The van der Waals surface area contributed by atoms with Crippen molar-refractivity contribution in [1.82, 2.24) is 19.1 Å². The number of fused-ring (bicyclic) bond motifs is 1. The molecule has 152 valence electrons. The summed E-state index contributed by atoms with van der Waals surface area (Å²) in [5.41, 5.74) is 0.681. The van der Waals surface area contributed by atoms with E-state index >= 15 is 0 Å². The van der Waals surface area contributed by atoms with E-state index in [1.165, 1.54) is 27.4 Å². The minimum atomic E-state index is -3.67. The summed E-state index contributed by atoms with van der Waals surface area (Å²) in [6, 6.07) is 4.63. The first-order valence-corrected chi connectivity index (χ1v) is 10.6. The molecule has 2 aromatic rings. The number of carbonyl (C=O) groups is 1. The van der Waals surface area contributed by atoms with Crippen LogP contribution >= 0.6 is 0 Å². The van der Waals surface area contributed by atoms with Crippen LogP contribution in [0.15, 0.2) is 32.3 Å². The van der Waals surface area contributed by atoms with Gasteiger partial charge in [0.15, 0.2) is 5.58 Å². The average Bonchev–Trinajstić information content (AvgIpc) is 3.07. The van der Waals surface area contributed by atoms with Crippen LogP contribution in [0.3, 0.4) is 0 Å². The molecule has 2 fully saturated rings. The summed E-state index contributed by atoms with van der Waals surface area (Å²) in [5.74, 6) is -0.617. The third-order valence-electron chi connectivity index (χ3n) is 5.55. The first-order valence-electron chi connectivity index (χ1n) is 9.19. The lowest BCUT2D eigenvalue weighted by Gasteiger charge is -2.41. The quantitative estimate of drug-likeness (QED) is 0.757. The predicted molar refractivity (Wildman–Crippen MR) is 99.8 cm³/mol. The standard InChI is InChI=1S/C17H22N4O6S/c22-16-18-14-2-1-13(11-15(14)27-16)28(25,26)21-5-3-12(4-6-21)19-7-9-20(10-8-19)17(23)24/h1-2,11-12H,3-10H2,(H,18,22)(H,23,24).